The van der Waals surface area contributed by atoms with Gasteiger partial charge >= 0.3 is 24.2 Å². The first-order valence-corrected chi connectivity index (χ1v) is 10.2. The van der Waals surface area contributed by atoms with Gasteiger partial charge in [-0.3, -0.25) is 18.1 Å². The Hall–Kier alpha value is 0.570. The van der Waals surface area contributed by atoms with Crippen LogP contribution in [0.4, 0.5) is 0 Å². The molecule has 0 unspecified atom stereocenters. The molecule has 0 radical (unpaired) electrons. The van der Waals surface area contributed by atoms with E-state index in [0.29, 0.717) is 0 Å². The summed E-state index contributed by atoms with van der Waals surface area (Å²) >= 11 is 0. The van der Waals surface area contributed by atoms with Crippen molar-refractivity contribution in [2.24, 2.45) is 0 Å². The fraction of sp³-hybridized carbons (Fsp3) is 1.00. The highest BCUT2D eigenvalue weighted by Crippen LogP contribution is 2.65. The summed E-state index contributed by atoms with van der Waals surface area (Å²) in [4.78, 5) is 21.7. The summed E-state index contributed by atoms with van der Waals surface area (Å²) in [6, 6.07) is 0. The summed E-state index contributed by atoms with van der Waals surface area (Å²) in [5.41, 5.74) is 0. The van der Waals surface area contributed by atoms with Crippen LogP contribution in [0.2, 0.25) is 0 Å². The highest BCUT2D eigenvalue weighted by Gasteiger charge is 2.39. The second-order valence-corrected chi connectivity index (χ2v) is 6.93. The molecule has 21 heavy (non-hydrogen) atoms. The first kappa shape index (κ1) is 23.8. The Morgan fingerprint density at radius 3 is 1.05 bits per heavy atom. The zero-order chi connectivity index (χ0) is 16.9. The van der Waals surface area contributed by atoms with E-state index < -0.39 is 24.2 Å². The molecule has 0 fully saturated rings. The maximum Gasteiger partial charge on any atom is 0.483 e. The molecule has 0 aromatic heterocycles. The predicted octanol–water partition coefficient (Wildman–Crippen LogP) is 2.56. The molecule has 0 aromatic rings. The van der Waals surface area contributed by atoms with Gasteiger partial charge in [0.25, 0.3) is 0 Å². The minimum atomic E-state index is -3.91. The Labute approximate surface area is 125 Å². The van der Waals surface area contributed by atoms with Crippen molar-refractivity contribution in [2.45, 2.75) is 27.7 Å². The lowest BCUT2D eigenvalue weighted by atomic mass is 10.9. The molecule has 0 aliphatic heterocycles. The van der Waals surface area contributed by atoms with Crippen molar-refractivity contribution in [1.82, 2.24) is 0 Å². The van der Waals surface area contributed by atoms with E-state index in [4.69, 9.17) is 37.1 Å². The monoisotopic (exact) mass is 372 g/mol. The van der Waals surface area contributed by atoms with E-state index in [1.54, 1.807) is 27.7 Å². The summed E-state index contributed by atoms with van der Waals surface area (Å²) in [5, 5.41) is 0. The van der Waals surface area contributed by atoms with Crippen molar-refractivity contribution in [1.29, 1.82) is 0 Å². The van der Waals surface area contributed by atoms with Crippen LogP contribution in [0.1, 0.15) is 27.7 Å². The van der Waals surface area contributed by atoms with Gasteiger partial charge in [0, 0.05) is 0 Å². The Balaban J connectivity index is 0. The molecule has 3 N–H and O–H groups in total. The SMILES string of the molecule is CCOP(=O)(OCC)OP(=O)(OCC)OCC.OP(O)O. The Kier molecular flexibility index (Phi) is 14.8. The topological polar surface area (TPSA) is 141 Å². The fourth-order valence-corrected chi connectivity index (χ4v) is 4.07. The number of hydrogen-bond donors (Lipinski definition) is 3. The second-order valence-electron chi connectivity index (χ2n) is 2.92. The normalized spacial score (nSPS) is 12.2. The van der Waals surface area contributed by atoms with Crippen LogP contribution >= 0.6 is 24.2 Å². The van der Waals surface area contributed by atoms with Crippen LogP contribution in [0, 0.1) is 0 Å². The first-order valence-electron chi connectivity index (χ1n) is 6.04. The zero-order valence-corrected chi connectivity index (χ0v) is 15.1. The van der Waals surface area contributed by atoms with Gasteiger partial charge in [0.2, 0.25) is 0 Å². The van der Waals surface area contributed by atoms with Crippen molar-refractivity contribution in [3.63, 3.8) is 0 Å². The van der Waals surface area contributed by atoms with E-state index >= 15 is 0 Å². The standard InChI is InChI=1S/C8H20O7P2.H3O3P/c1-5-11-16(9,12-6-2)15-17(10,13-7-3)14-8-4;1-4(2)3/h5-8H2,1-4H3;1-3H. The van der Waals surface area contributed by atoms with Crippen molar-refractivity contribution >= 4 is 24.2 Å². The van der Waals surface area contributed by atoms with Gasteiger partial charge in [0.1, 0.15) is 0 Å². The smallest absolute Gasteiger partial charge is 0.328 e. The Bertz CT molecular complexity index is 286. The Morgan fingerprint density at radius 1 is 0.714 bits per heavy atom. The average molecular weight is 372 g/mol. The fourth-order valence-electron chi connectivity index (χ4n) is 0.924. The van der Waals surface area contributed by atoms with E-state index in [1.807, 2.05) is 0 Å². The first-order chi connectivity index (χ1) is 9.68. The molecule has 0 atom stereocenters. The molecule has 0 bridgehead atoms. The molecule has 0 aliphatic rings. The third-order valence-corrected chi connectivity index (χ3v) is 5.25. The molecule has 0 aliphatic carbocycles. The van der Waals surface area contributed by atoms with Gasteiger partial charge in [0.15, 0.2) is 0 Å². The van der Waals surface area contributed by atoms with Gasteiger partial charge in [0.05, 0.1) is 26.4 Å². The molecule has 0 heterocycles. The van der Waals surface area contributed by atoms with Gasteiger partial charge in [-0.25, -0.2) is 9.13 Å². The lowest BCUT2D eigenvalue weighted by molar-refractivity contribution is 0.119. The molecular weight excluding hydrogens is 349 g/mol. The zero-order valence-electron chi connectivity index (χ0n) is 12.4. The highest BCUT2D eigenvalue weighted by molar-refractivity contribution is 7.62. The molecule has 0 spiro atoms. The van der Waals surface area contributed by atoms with E-state index in [1.165, 1.54) is 0 Å². The Morgan fingerprint density at radius 2 is 0.905 bits per heavy atom. The van der Waals surface area contributed by atoms with Gasteiger partial charge in [-0.2, -0.15) is 4.31 Å². The average Bonchev–Trinajstić information content (AvgIpc) is 2.28. The maximum absolute atomic E-state index is 12.0. The largest absolute Gasteiger partial charge is 0.483 e. The summed E-state index contributed by atoms with van der Waals surface area (Å²) in [6.45, 7) is 6.82. The molecule has 130 valence electrons. The lowest BCUT2D eigenvalue weighted by Gasteiger charge is -2.21. The van der Waals surface area contributed by atoms with E-state index in [2.05, 4.69) is 0 Å². The minimum absolute atomic E-state index is 0.0928. The van der Waals surface area contributed by atoms with Gasteiger partial charge < -0.3 is 14.7 Å². The van der Waals surface area contributed by atoms with Crippen molar-refractivity contribution in [3.8, 4) is 0 Å². The second kappa shape index (κ2) is 13.0. The van der Waals surface area contributed by atoms with Crippen LogP contribution in [0.25, 0.3) is 0 Å². The van der Waals surface area contributed by atoms with Crippen molar-refractivity contribution in [2.75, 3.05) is 26.4 Å². The lowest BCUT2D eigenvalue weighted by Crippen LogP contribution is -2.03. The van der Waals surface area contributed by atoms with Crippen LogP contribution in [0.15, 0.2) is 0 Å². The molecule has 0 amide bonds. The molecule has 0 saturated heterocycles. The predicted molar refractivity (Wildman–Crippen MR) is 76.4 cm³/mol. The number of phosphoric ester groups is 2. The van der Waals surface area contributed by atoms with Crippen molar-refractivity contribution < 1.29 is 46.2 Å². The summed E-state index contributed by atoms with van der Waals surface area (Å²) in [5.74, 6) is 0. The maximum atomic E-state index is 12.0. The molecule has 13 heteroatoms. The van der Waals surface area contributed by atoms with Crippen LogP contribution in [0.5, 0.6) is 0 Å². The summed E-state index contributed by atoms with van der Waals surface area (Å²) in [7, 11) is -10.4. The van der Waals surface area contributed by atoms with Crippen LogP contribution < -0.4 is 0 Å². The van der Waals surface area contributed by atoms with Crippen molar-refractivity contribution in [3.05, 3.63) is 0 Å². The van der Waals surface area contributed by atoms with E-state index in [-0.39, 0.29) is 26.4 Å². The van der Waals surface area contributed by atoms with E-state index in [9.17, 15) is 9.13 Å². The third kappa shape index (κ3) is 13.9. The number of hydrogen-bond acceptors (Lipinski definition) is 10. The molecule has 10 nitrogen and oxygen atoms in total. The molecular formula is C8H23O10P3. The van der Waals surface area contributed by atoms with Gasteiger partial charge in [-0.1, -0.05) is 0 Å². The van der Waals surface area contributed by atoms with Crippen LogP contribution in [0.3, 0.4) is 0 Å². The summed E-state index contributed by atoms with van der Waals surface area (Å²) < 4.78 is 48.1. The quantitative estimate of drug-likeness (QED) is 0.490. The van der Waals surface area contributed by atoms with Gasteiger partial charge in [-0.15, -0.1) is 0 Å². The number of rotatable bonds is 10. The van der Waals surface area contributed by atoms with Crippen LogP contribution in [-0.4, -0.2) is 41.1 Å². The summed E-state index contributed by atoms with van der Waals surface area (Å²) in [6.07, 6.45) is 0. The molecule has 0 saturated carbocycles. The molecule has 0 aromatic carbocycles. The molecule has 0 rings (SSSR count). The van der Waals surface area contributed by atoms with Crippen LogP contribution in [-0.2, 0) is 31.5 Å². The number of phosphoric acid groups is 2. The van der Waals surface area contributed by atoms with E-state index in [0.717, 1.165) is 0 Å². The third-order valence-electron chi connectivity index (χ3n) is 1.35. The highest BCUT2D eigenvalue weighted by atomic mass is 31.3. The minimum Gasteiger partial charge on any atom is -0.328 e. The van der Waals surface area contributed by atoms with Gasteiger partial charge in [-0.05, 0) is 27.7 Å².